The van der Waals surface area contributed by atoms with Gasteiger partial charge in [0.05, 0.1) is 11.4 Å². The first kappa shape index (κ1) is 14.9. The predicted octanol–water partition coefficient (Wildman–Crippen LogP) is 5.41. The van der Waals surface area contributed by atoms with E-state index in [-0.39, 0.29) is 0 Å². The molecular weight excluding hydrogens is 358 g/mol. The van der Waals surface area contributed by atoms with Crippen molar-refractivity contribution in [3.63, 3.8) is 0 Å². The largest absolute Gasteiger partial charge is 0.252 e. The third-order valence-electron chi connectivity index (χ3n) is 3.15. The van der Waals surface area contributed by atoms with Gasteiger partial charge in [-0.05, 0) is 24.6 Å². The molecule has 2 aromatic carbocycles. The second kappa shape index (κ2) is 6.85. The van der Waals surface area contributed by atoms with E-state index in [1.807, 2.05) is 66.9 Å². The van der Waals surface area contributed by atoms with Crippen molar-refractivity contribution in [1.29, 1.82) is 0 Å². The van der Waals surface area contributed by atoms with E-state index in [4.69, 9.17) is 0 Å². The van der Waals surface area contributed by atoms with Crippen molar-refractivity contribution in [3.8, 4) is 11.3 Å². The van der Waals surface area contributed by atoms with Crippen molar-refractivity contribution >= 4 is 38.1 Å². The number of hydrazone groups is 1. The van der Waals surface area contributed by atoms with Crippen LogP contribution >= 0.6 is 27.3 Å². The van der Waals surface area contributed by atoms with Gasteiger partial charge in [-0.25, -0.2) is 4.98 Å². The summed E-state index contributed by atoms with van der Waals surface area (Å²) in [5, 5.41) is 7.20. The number of aromatic nitrogens is 1. The Morgan fingerprint density at radius 3 is 2.55 bits per heavy atom. The number of nitrogens with zero attached hydrogens (tertiary/aromatic N) is 2. The molecule has 0 spiro atoms. The van der Waals surface area contributed by atoms with Crippen LogP contribution in [0.25, 0.3) is 11.3 Å². The van der Waals surface area contributed by atoms with Gasteiger partial charge in [0.25, 0.3) is 0 Å². The Balaban J connectivity index is 1.73. The van der Waals surface area contributed by atoms with Gasteiger partial charge in [0, 0.05) is 15.4 Å². The van der Waals surface area contributed by atoms with E-state index in [0.717, 1.165) is 32.1 Å². The quantitative estimate of drug-likeness (QED) is 0.491. The smallest absolute Gasteiger partial charge is 0.203 e. The molecule has 0 bridgehead atoms. The fourth-order valence-corrected chi connectivity index (χ4v) is 2.88. The van der Waals surface area contributed by atoms with E-state index < -0.39 is 0 Å². The predicted molar refractivity (Wildman–Crippen MR) is 97.5 cm³/mol. The second-order valence-corrected chi connectivity index (χ2v) is 6.49. The van der Waals surface area contributed by atoms with Crippen LogP contribution in [0.4, 0.5) is 5.13 Å². The lowest BCUT2D eigenvalue weighted by molar-refractivity contribution is 1.27. The molecule has 0 unspecified atom stereocenters. The van der Waals surface area contributed by atoms with Crippen LogP contribution in [-0.4, -0.2) is 10.7 Å². The molecule has 0 aliphatic heterocycles. The zero-order valence-corrected chi connectivity index (χ0v) is 14.4. The molecule has 3 aromatic rings. The molecule has 22 heavy (non-hydrogen) atoms. The van der Waals surface area contributed by atoms with E-state index in [1.54, 1.807) is 11.3 Å². The van der Waals surface area contributed by atoms with Crippen LogP contribution in [0.15, 0.2) is 69.6 Å². The third-order valence-corrected chi connectivity index (χ3v) is 4.43. The minimum atomic E-state index is 0.785. The van der Waals surface area contributed by atoms with Gasteiger partial charge in [0.2, 0.25) is 5.13 Å². The Kier molecular flexibility index (Phi) is 4.65. The highest BCUT2D eigenvalue weighted by molar-refractivity contribution is 9.10. The Labute approximate surface area is 141 Å². The van der Waals surface area contributed by atoms with Crippen molar-refractivity contribution in [1.82, 2.24) is 4.98 Å². The van der Waals surface area contributed by atoms with E-state index in [9.17, 15) is 0 Å². The topological polar surface area (TPSA) is 37.3 Å². The summed E-state index contributed by atoms with van der Waals surface area (Å²) in [6.45, 7) is 1.98. The first-order chi connectivity index (χ1) is 10.7. The fraction of sp³-hybridized carbons (Fsp3) is 0.0588. The number of benzene rings is 2. The molecule has 0 saturated heterocycles. The van der Waals surface area contributed by atoms with Gasteiger partial charge in [-0.1, -0.05) is 58.4 Å². The van der Waals surface area contributed by atoms with Gasteiger partial charge >= 0.3 is 0 Å². The third kappa shape index (κ3) is 3.61. The normalized spacial score (nSPS) is 11.5. The number of thiazole rings is 1. The highest BCUT2D eigenvalue weighted by Gasteiger charge is 2.04. The molecule has 0 atom stereocenters. The zero-order chi connectivity index (χ0) is 15.4. The molecule has 0 aliphatic carbocycles. The van der Waals surface area contributed by atoms with Crippen LogP contribution < -0.4 is 5.43 Å². The van der Waals surface area contributed by atoms with E-state index >= 15 is 0 Å². The van der Waals surface area contributed by atoms with Crippen molar-refractivity contribution in [3.05, 3.63) is 70.0 Å². The molecule has 0 radical (unpaired) electrons. The molecule has 0 saturated carbocycles. The zero-order valence-electron chi connectivity index (χ0n) is 12.0. The number of hydrogen-bond acceptors (Lipinski definition) is 4. The van der Waals surface area contributed by atoms with Gasteiger partial charge in [-0.3, -0.25) is 5.43 Å². The van der Waals surface area contributed by atoms with Crippen molar-refractivity contribution in [2.45, 2.75) is 6.92 Å². The Bertz CT molecular complexity index is 779. The summed E-state index contributed by atoms with van der Waals surface area (Å²) in [6.07, 6.45) is 0. The molecule has 110 valence electrons. The van der Waals surface area contributed by atoms with Crippen LogP contribution in [0.3, 0.4) is 0 Å². The van der Waals surface area contributed by atoms with Crippen molar-refractivity contribution < 1.29 is 0 Å². The summed E-state index contributed by atoms with van der Waals surface area (Å²) in [4.78, 5) is 4.56. The maximum atomic E-state index is 4.56. The fourth-order valence-electron chi connectivity index (χ4n) is 1.95. The molecule has 1 aromatic heterocycles. The summed E-state index contributed by atoms with van der Waals surface area (Å²) in [5.41, 5.74) is 7.10. The van der Waals surface area contributed by atoms with Crippen LogP contribution in [-0.2, 0) is 0 Å². The first-order valence-electron chi connectivity index (χ1n) is 6.79. The maximum absolute atomic E-state index is 4.56. The van der Waals surface area contributed by atoms with Gasteiger partial charge < -0.3 is 0 Å². The number of nitrogens with one attached hydrogen (secondary N) is 1. The van der Waals surface area contributed by atoms with Gasteiger partial charge in [0.15, 0.2) is 0 Å². The van der Waals surface area contributed by atoms with Gasteiger partial charge in [-0.2, -0.15) is 5.10 Å². The number of rotatable bonds is 4. The average molecular weight is 372 g/mol. The summed E-state index contributed by atoms with van der Waals surface area (Å²) in [7, 11) is 0. The van der Waals surface area contributed by atoms with E-state index in [0.29, 0.717) is 0 Å². The lowest BCUT2D eigenvalue weighted by Crippen LogP contribution is -1.99. The molecule has 3 nitrogen and oxygen atoms in total. The molecule has 0 amide bonds. The summed E-state index contributed by atoms with van der Waals surface area (Å²) in [5.74, 6) is 0. The first-order valence-corrected chi connectivity index (χ1v) is 8.47. The van der Waals surface area contributed by atoms with Crippen molar-refractivity contribution in [2.75, 3.05) is 5.43 Å². The monoisotopic (exact) mass is 371 g/mol. The molecular formula is C17H14BrN3S. The average Bonchev–Trinajstić information content (AvgIpc) is 3.03. The molecule has 3 rings (SSSR count). The molecule has 5 heteroatoms. The summed E-state index contributed by atoms with van der Waals surface area (Å²) in [6, 6.07) is 18.2. The second-order valence-electron chi connectivity index (χ2n) is 4.72. The van der Waals surface area contributed by atoms with Crippen LogP contribution in [0.5, 0.6) is 0 Å². The Hall–Kier alpha value is -1.98. The van der Waals surface area contributed by atoms with E-state index in [1.165, 1.54) is 0 Å². The molecule has 1 N–H and O–H groups in total. The van der Waals surface area contributed by atoms with Crippen LogP contribution in [0.1, 0.15) is 12.5 Å². The summed E-state index contributed by atoms with van der Waals surface area (Å²) >= 11 is 4.98. The number of anilines is 1. The lowest BCUT2D eigenvalue weighted by atomic mass is 10.1. The minimum absolute atomic E-state index is 0.785. The van der Waals surface area contributed by atoms with Gasteiger partial charge in [-0.15, -0.1) is 11.3 Å². The molecule has 0 fully saturated rings. The van der Waals surface area contributed by atoms with Gasteiger partial charge in [0.1, 0.15) is 0 Å². The maximum Gasteiger partial charge on any atom is 0.203 e. The lowest BCUT2D eigenvalue weighted by Gasteiger charge is -2.00. The van der Waals surface area contributed by atoms with Crippen LogP contribution in [0, 0.1) is 0 Å². The summed E-state index contributed by atoms with van der Waals surface area (Å²) < 4.78 is 1.06. The van der Waals surface area contributed by atoms with Crippen molar-refractivity contribution in [2.24, 2.45) is 5.10 Å². The van der Waals surface area contributed by atoms with Crippen LogP contribution in [0.2, 0.25) is 0 Å². The Morgan fingerprint density at radius 1 is 1.09 bits per heavy atom. The highest BCUT2D eigenvalue weighted by atomic mass is 79.9. The minimum Gasteiger partial charge on any atom is -0.252 e. The number of halogens is 1. The number of hydrogen-bond donors (Lipinski definition) is 1. The SMILES string of the molecule is C/C(=N\Nc1nc(-c2ccc(Br)cc2)cs1)c1ccccc1. The Morgan fingerprint density at radius 2 is 1.82 bits per heavy atom. The molecule has 0 aliphatic rings. The standard InChI is InChI=1S/C17H14BrN3S/c1-12(13-5-3-2-4-6-13)20-21-17-19-16(11-22-17)14-7-9-15(18)10-8-14/h2-11H,1H3,(H,19,21)/b20-12+. The highest BCUT2D eigenvalue weighted by Crippen LogP contribution is 2.26. The molecule has 1 heterocycles. The van der Waals surface area contributed by atoms with E-state index in [2.05, 4.69) is 31.4 Å².